The monoisotopic (exact) mass is 297 g/mol. The number of carboxylic acids is 1. The molecule has 0 bridgehead atoms. The van der Waals surface area contributed by atoms with Crippen molar-refractivity contribution < 1.29 is 19.4 Å². The summed E-state index contributed by atoms with van der Waals surface area (Å²) in [6, 6.07) is 12.8. The smallest absolute Gasteiger partial charge is 0.335 e. The molecule has 0 heterocycles. The lowest BCUT2D eigenvalue weighted by Crippen LogP contribution is -2.00. The Morgan fingerprint density at radius 1 is 1.14 bits per heavy atom. The Hall–Kier alpha value is -2.95. The quantitative estimate of drug-likeness (QED) is 0.655. The fraction of sp³-hybridized carbons (Fsp3) is 0.118. The maximum atomic E-state index is 12.0. The van der Waals surface area contributed by atoms with Crippen LogP contribution in [0.2, 0.25) is 0 Å². The fourth-order valence-corrected chi connectivity index (χ4v) is 1.81. The second-order valence-electron chi connectivity index (χ2n) is 4.44. The van der Waals surface area contributed by atoms with Crippen molar-refractivity contribution in [3.8, 4) is 5.75 Å². The lowest BCUT2D eigenvalue weighted by atomic mass is 10.1. The molecule has 0 spiro atoms. The van der Waals surface area contributed by atoms with E-state index in [2.05, 4.69) is 4.99 Å². The molecule has 0 unspecified atom stereocenters. The lowest BCUT2D eigenvalue weighted by Gasteiger charge is -2.02. The average Bonchev–Trinajstić information content (AvgIpc) is 2.54. The second kappa shape index (κ2) is 7.17. The van der Waals surface area contributed by atoms with Gasteiger partial charge in [0.1, 0.15) is 5.75 Å². The highest BCUT2D eigenvalue weighted by Crippen LogP contribution is 2.15. The van der Waals surface area contributed by atoms with Gasteiger partial charge in [0.05, 0.1) is 24.1 Å². The Morgan fingerprint density at radius 3 is 2.50 bits per heavy atom. The van der Waals surface area contributed by atoms with Gasteiger partial charge in [0.15, 0.2) is 0 Å². The maximum Gasteiger partial charge on any atom is 0.335 e. The first-order chi connectivity index (χ1) is 10.6. The molecule has 2 aromatic carbocycles. The third kappa shape index (κ3) is 4.02. The number of carbonyl (C=O) groups is 2. The van der Waals surface area contributed by atoms with Crippen LogP contribution in [-0.2, 0) is 0 Å². The fourth-order valence-electron chi connectivity index (χ4n) is 1.81. The zero-order chi connectivity index (χ0) is 15.9. The van der Waals surface area contributed by atoms with Crippen LogP contribution in [0, 0.1) is 0 Å². The molecule has 0 amide bonds. The third-order valence-electron chi connectivity index (χ3n) is 2.87. The van der Waals surface area contributed by atoms with Crippen LogP contribution < -0.4 is 4.74 Å². The van der Waals surface area contributed by atoms with Crippen molar-refractivity contribution in [2.75, 3.05) is 6.61 Å². The van der Waals surface area contributed by atoms with Crippen LogP contribution in [0.1, 0.15) is 27.6 Å². The highest BCUT2D eigenvalue weighted by Gasteiger charge is 2.05. The number of aromatic carboxylic acids is 1. The molecule has 1 N–H and O–H groups in total. The number of benzene rings is 2. The number of carboxylic acid groups (broad SMARTS) is 1. The predicted octanol–water partition coefficient (Wildman–Crippen LogP) is 3.37. The topological polar surface area (TPSA) is 76.0 Å². The number of aliphatic imine (C=N–C) groups is 1. The number of Topliss-reactive ketones (excluding diaryl/α,β-unsaturated/α-hetero) is 1. The minimum absolute atomic E-state index is 0.128. The van der Waals surface area contributed by atoms with Gasteiger partial charge in [-0.25, -0.2) is 4.79 Å². The molecular formula is C17H15NO4. The number of hydrogen-bond acceptors (Lipinski definition) is 4. The Labute approximate surface area is 127 Å². The van der Waals surface area contributed by atoms with E-state index in [9.17, 15) is 9.59 Å². The SMILES string of the molecule is CCOc1ccc(C(=O)C=Nc2cccc(C(=O)O)c2)cc1. The van der Waals surface area contributed by atoms with Crippen LogP contribution in [-0.4, -0.2) is 29.7 Å². The molecule has 0 aliphatic heterocycles. The van der Waals surface area contributed by atoms with Crippen molar-refractivity contribution in [1.29, 1.82) is 0 Å². The Kier molecular flexibility index (Phi) is 5.03. The average molecular weight is 297 g/mol. The van der Waals surface area contributed by atoms with Crippen LogP contribution >= 0.6 is 0 Å². The van der Waals surface area contributed by atoms with Crippen LogP contribution in [0.15, 0.2) is 53.5 Å². The molecule has 0 saturated heterocycles. The second-order valence-corrected chi connectivity index (χ2v) is 4.44. The number of rotatable bonds is 6. The Balaban J connectivity index is 2.10. The van der Waals surface area contributed by atoms with Crippen LogP contribution in [0.3, 0.4) is 0 Å². The number of nitrogens with zero attached hydrogens (tertiary/aromatic N) is 1. The molecule has 112 valence electrons. The standard InChI is InChI=1S/C17H15NO4/c1-2-22-15-8-6-12(7-9-15)16(19)11-18-14-5-3-4-13(10-14)17(20)21/h3-11H,2H2,1H3,(H,20,21). The zero-order valence-electron chi connectivity index (χ0n) is 12.0. The van der Waals surface area contributed by atoms with E-state index in [-0.39, 0.29) is 11.3 Å². The van der Waals surface area contributed by atoms with Gasteiger partial charge >= 0.3 is 5.97 Å². The molecule has 0 aliphatic carbocycles. The molecule has 2 rings (SSSR count). The van der Waals surface area contributed by atoms with Gasteiger partial charge in [-0.1, -0.05) is 6.07 Å². The van der Waals surface area contributed by atoms with Gasteiger partial charge in [-0.3, -0.25) is 9.79 Å². The van der Waals surface area contributed by atoms with Gasteiger partial charge in [0.2, 0.25) is 5.78 Å². The molecule has 0 atom stereocenters. The number of ether oxygens (including phenoxy) is 1. The van der Waals surface area contributed by atoms with Crippen molar-refractivity contribution in [3.63, 3.8) is 0 Å². The van der Waals surface area contributed by atoms with Gasteiger partial charge in [-0.05, 0) is 49.4 Å². The van der Waals surface area contributed by atoms with E-state index in [1.807, 2.05) is 6.92 Å². The van der Waals surface area contributed by atoms with Crippen LogP contribution in [0.4, 0.5) is 5.69 Å². The van der Waals surface area contributed by atoms with Crippen LogP contribution in [0.25, 0.3) is 0 Å². The maximum absolute atomic E-state index is 12.0. The summed E-state index contributed by atoms with van der Waals surface area (Å²) in [6.07, 6.45) is 1.18. The summed E-state index contributed by atoms with van der Waals surface area (Å²) in [5.74, 6) is -0.594. The summed E-state index contributed by atoms with van der Waals surface area (Å²) in [6.45, 7) is 2.45. The largest absolute Gasteiger partial charge is 0.494 e. The molecular weight excluding hydrogens is 282 g/mol. The first-order valence-electron chi connectivity index (χ1n) is 6.74. The van der Waals surface area contributed by atoms with Gasteiger partial charge < -0.3 is 9.84 Å². The number of carbonyl (C=O) groups excluding carboxylic acids is 1. The van der Waals surface area contributed by atoms with E-state index in [4.69, 9.17) is 9.84 Å². The molecule has 0 aliphatic rings. The van der Waals surface area contributed by atoms with E-state index >= 15 is 0 Å². The molecule has 22 heavy (non-hydrogen) atoms. The van der Waals surface area contributed by atoms with E-state index in [0.29, 0.717) is 23.6 Å². The molecule has 0 aromatic heterocycles. The summed E-state index contributed by atoms with van der Waals surface area (Å²) in [5.41, 5.74) is 1.03. The Bertz CT molecular complexity index is 705. The van der Waals surface area contributed by atoms with Crippen molar-refractivity contribution in [3.05, 3.63) is 59.7 Å². The van der Waals surface area contributed by atoms with Gasteiger partial charge in [0, 0.05) is 5.56 Å². The number of hydrogen-bond donors (Lipinski definition) is 1. The van der Waals surface area contributed by atoms with Gasteiger partial charge in [0.25, 0.3) is 0 Å². The summed E-state index contributed by atoms with van der Waals surface area (Å²) in [4.78, 5) is 26.9. The van der Waals surface area contributed by atoms with Crippen molar-refractivity contribution >= 4 is 23.7 Å². The highest BCUT2D eigenvalue weighted by molar-refractivity contribution is 6.35. The van der Waals surface area contributed by atoms with Gasteiger partial charge in [-0.2, -0.15) is 0 Å². The lowest BCUT2D eigenvalue weighted by molar-refractivity contribution is 0.0696. The third-order valence-corrected chi connectivity index (χ3v) is 2.87. The van der Waals surface area contributed by atoms with E-state index in [0.717, 1.165) is 0 Å². The normalized spacial score (nSPS) is 10.6. The minimum Gasteiger partial charge on any atom is -0.494 e. The first-order valence-corrected chi connectivity index (χ1v) is 6.74. The summed E-state index contributed by atoms with van der Waals surface area (Å²) in [5, 5.41) is 8.90. The molecule has 2 aromatic rings. The molecule has 0 fully saturated rings. The molecule has 5 nitrogen and oxygen atoms in total. The first kappa shape index (κ1) is 15.4. The van der Waals surface area contributed by atoms with Crippen LogP contribution in [0.5, 0.6) is 5.75 Å². The minimum atomic E-state index is -1.03. The van der Waals surface area contributed by atoms with Crippen molar-refractivity contribution in [2.24, 2.45) is 4.99 Å². The Morgan fingerprint density at radius 2 is 1.86 bits per heavy atom. The van der Waals surface area contributed by atoms with E-state index < -0.39 is 5.97 Å². The predicted molar refractivity (Wildman–Crippen MR) is 83.5 cm³/mol. The summed E-state index contributed by atoms with van der Waals surface area (Å²) >= 11 is 0. The molecule has 0 radical (unpaired) electrons. The summed E-state index contributed by atoms with van der Waals surface area (Å²) < 4.78 is 5.30. The highest BCUT2D eigenvalue weighted by atomic mass is 16.5. The van der Waals surface area contributed by atoms with E-state index in [1.54, 1.807) is 36.4 Å². The zero-order valence-corrected chi connectivity index (χ0v) is 12.0. The van der Waals surface area contributed by atoms with E-state index in [1.165, 1.54) is 18.3 Å². The van der Waals surface area contributed by atoms with Crippen molar-refractivity contribution in [1.82, 2.24) is 0 Å². The summed E-state index contributed by atoms with van der Waals surface area (Å²) in [7, 11) is 0. The molecule has 0 saturated carbocycles. The van der Waals surface area contributed by atoms with Gasteiger partial charge in [-0.15, -0.1) is 0 Å². The molecule has 5 heteroatoms. The number of ketones is 1. The van der Waals surface area contributed by atoms with Crippen molar-refractivity contribution in [2.45, 2.75) is 6.92 Å².